The maximum absolute atomic E-state index is 14.1. The fourth-order valence-corrected chi connectivity index (χ4v) is 7.42. The van der Waals surface area contributed by atoms with Gasteiger partial charge in [-0.1, -0.05) is 18.2 Å². The number of amides is 6. The molecule has 1 spiro atoms. The first kappa shape index (κ1) is 41.8. The van der Waals surface area contributed by atoms with Crippen LogP contribution >= 0.6 is 12.6 Å². The van der Waals surface area contributed by atoms with Gasteiger partial charge in [0.2, 0.25) is 35.6 Å². The predicted octanol–water partition coefficient (Wildman–Crippen LogP) is -3.66. The van der Waals surface area contributed by atoms with Crippen LogP contribution in [0.15, 0.2) is 30.5 Å². The van der Waals surface area contributed by atoms with E-state index in [-0.39, 0.29) is 29.8 Å². The molecule has 3 saturated heterocycles. The van der Waals surface area contributed by atoms with Crippen molar-refractivity contribution in [2.75, 3.05) is 18.9 Å². The number of hydroxylamine groups is 3. The SMILES string of the molecule is C[C@@H]1NC(=O)[C@H](C[C@](C)(O)CO)NC(=O)[C@H](Cc2c[nH]c3ccccc23)NC(=O)[C@H](C)NC(=O)[C@@H]2C[C@@H](O)C[N@+]23O[C@H]3[C@H](CS)NC(=O)[C@H]([C@H](C)O)NC1=O. The van der Waals surface area contributed by atoms with Crippen LogP contribution in [0, 0.1) is 0 Å². The van der Waals surface area contributed by atoms with E-state index in [9.17, 15) is 49.2 Å². The molecule has 2 aromatic rings. The van der Waals surface area contributed by atoms with Crippen LogP contribution in [0.4, 0.5) is 0 Å². The zero-order valence-corrected chi connectivity index (χ0v) is 31.8. The van der Waals surface area contributed by atoms with Gasteiger partial charge in [0.05, 0.1) is 18.3 Å². The number of aromatic nitrogens is 1. The molecule has 0 unspecified atom stereocenters. The zero-order valence-electron chi connectivity index (χ0n) is 30.9. The highest BCUT2D eigenvalue weighted by molar-refractivity contribution is 7.80. The number of H-pyrrole nitrogens is 1. The highest BCUT2D eigenvalue weighted by atomic mass is 32.1. The fraction of sp³-hybridized carbons (Fsp3) is 0.600. The summed E-state index contributed by atoms with van der Waals surface area (Å²) in [7, 11) is 0. The van der Waals surface area contributed by atoms with Crippen LogP contribution in [0.2, 0.25) is 0 Å². The third kappa shape index (κ3) is 9.39. The molecule has 4 heterocycles. The molecular weight excluding hydrogens is 740 g/mol. The second-order valence-electron chi connectivity index (χ2n) is 15.0. The number of aliphatic hydroxyl groups is 4. The third-order valence-corrected chi connectivity index (χ3v) is 10.7. The average molecular weight is 792 g/mol. The monoisotopic (exact) mass is 791 g/mol. The van der Waals surface area contributed by atoms with Gasteiger partial charge in [0.25, 0.3) is 12.1 Å². The van der Waals surface area contributed by atoms with Crippen LogP contribution in [0.25, 0.3) is 10.9 Å². The fourth-order valence-electron chi connectivity index (χ4n) is 7.15. The molecule has 0 radical (unpaired) electrons. The summed E-state index contributed by atoms with van der Waals surface area (Å²) < 4.78 is -0.369. The van der Waals surface area contributed by atoms with Crippen molar-refractivity contribution in [1.29, 1.82) is 0 Å². The number of hydrogen-bond donors (Lipinski definition) is 12. The zero-order chi connectivity index (χ0) is 40.4. The molecule has 1 aromatic heterocycles. The van der Waals surface area contributed by atoms with E-state index < -0.39 is 115 Å². The summed E-state index contributed by atoms with van der Waals surface area (Å²) in [6, 6.07) is -1.57. The quantitative estimate of drug-likeness (QED) is 0.0738. The number of nitrogens with one attached hydrogen (secondary N) is 7. The first-order valence-electron chi connectivity index (χ1n) is 18.1. The molecule has 0 aliphatic carbocycles. The number of thiol groups is 1. The van der Waals surface area contributed by atoms with Gasteiger partial charge in [0.1, 0.15) is 48.9 Å². The standard InChI is InChI=1S/C35H50N8O11S/c1-16-28(47)39-23(9-19-12-36-22-8-6-5-7-21(19)22)30(49)40-24(11-35(4,53)15-44)31(50)37-17(2)29(48)42-27(18(3)45)33(52)41-25(14-55)34-43(54-34)13-20(46)10-26(43)32(51)38-16/h5-8,12,16-18,20,23-27,34,36,44-46,53H,9-11,13-15H2,1-4H3,(H6-,37,38,39,40,41,42,47,48,49,50,51,52,55)/p+1/t16-,17-,18-,20+,23-,24-,25-,26-,27-,34-,35-,43-/m0/s1. The van der Waals surface area contributed by atoms with Crippen molar-refractivity contribution in [1.82, 2.24) is 36.9 Å². The first-order chi connectivity index (χ1) is 25.9. The summed E-state index contributed by atoms with van der Waals surface area (Å²) in [5, 5.41) is 57.9. The molecule has 3 fully saturated rings. The lowest BCUT2D eigenvalue weighted by Gasteiger charge is -2.30. The van der Waals surface area contributed by atoms with Gasteiger partial charge in [-0.15, -0.1) is 9.48 Å². The molecule has 1 aromatic carbocycles. The van der Waals surface area contributed by atoms with Crippen LogP contribution in [-0.4, -0.2) is 151 Å². The van der Waals surface area contributed by atoms with Crippen molar-refractivity contribution in [3.63, 3.8) is 0 Å². The highest BCUT2D eigenvalue weighted by Gasteiger charge is 2.73. The molecule has 0 bridgehead atoms. The minimum absolute atomic E-state index is 0.00440. The molecule has 3 aliphatic heterocycles. The number of carbonyl (C=O) groups excluding carboxylic acids is 6. The number of fused-ring (bicyclic) bond motifs is 1. The summed E-state index contributed by atoms with van der Waals surface area (Å²) >= 11 is 4.36. The number of aliphatic hydroxyl groups excluding tert-OH is 3. The van der Waals surface area contributed by atoms with Gasteiger partial charge >= 0.3 is 0 Å². The Morgan fingerprint density at radius 2 is 1.51 bits per heavy atom. The van der Waals surface area contributed by atoms with Crippen LogP contribution in [0.5, 0.6) is 0 Å². The first-order valence-corrected chi connectivity index (χ1v) is 18.8. The van der Waals surface area contributed by atoms with Crippen molar-refractivity contribution in [2.45, 2.75) is 113 Å². The minimum atomic E-state index is -1.88. The lowest BCUT2D eigenvalue weighted by atomic mass is 9.96. The molecule has 11 N–H and O–H groups in total. The summed E-state index contributed by atoms with van der Waals surface area (Å²) in [4.78, 5) is 91.1. The van der Waals surface area contributed by atoms with E-state index >= 15 is 0 Å². The molecule has 0 saturated carbocycles. The van der Waals surface area contributed by atoms with Gasteiger partial charge in [0.15, 0.2) is 0 Å². The smallest absolute Gasteiger partial charge is 0.295 e. The maximum Gasteiger partial charge on any atom is 0.295 e. The largest absolute Gasteiger partial charge is 0.393 e. The molecule has 20 heteroatoms. The van der Waals surface area contributed by atoms with E-state index in [4.69, 9.17) is 4.84 Å². The Hall–Kier alpha value is -4.31. The van der Waals surface area contributed by atoms with Crippen molar-refractivity contribution in [2.24, 2.45) is 0 Å². The van der Waals surface area contributed by atoms with Gasteiger partial charge in [-0.25, -0.2) is 0 Å². The van der Waals surface area contributed by atoms with Crippen molar-refractivity contribution >= 4 is 59.0 Å². The molecular formula is C35H51N8O11S+. The maximum atomic E-state index is 14.1. The summed E-state index contributed by atoms with van der Waals surface area (Å²) in [5.41, 5.74) is -0.482. The van der Waals surface area contributed by atoms with Crippen LogP contribution in [-0.2, 0) is 40.0 Å². The Balaban J connectivity index is 1.50. The van der Waals surface area contributed by atoms with E-state index in [1.807, 2.05) is 18.2 Å². The van der Waals surface area contributed by atoms with Crippen LogP contribution in [0.3, 0.4) is 0 Å². The van der Waals surface area contributed by atoms with Gasteiger partial charge in [-0.05, 0) is 39.3 Å². The Labute approximate surface area is 322 Å². The van der Waals surface area contributed by atoms with Crippen LogP contribution in [0.1, 0.15) is 46.1 Å². The van der Waals surface area contributed by atoms with Crippen LogP contribution < -0.4 is 31.9 Å². The average Bonchev–Trinajstić information content (AvgIpc) is 3.51. The Morgan fingerprint density at radius 1 is 0.891 bits per heavy atom. The number of hydrogen-bond acceptors (Lipinski definition) is 12. The van der Waals surface area contributed by atoms with Crippen molar-refractivity contribution in [3.8, 4) is 0 Å². The number of nitrogens with zero attached hydrogens (tertiary/aromatic N) is 1. The molecule has 6 amide bonds. The van der Waals surface area contributed by atoms with Crippen molar-refractivity contribution < 1.29 is 58.7 Å². The van der Waals surface area contributed by atoms with Gasteiger partial charge in [-0.2, -0.15) is 12.6 Å². The van der Waals surface area contributed by atoms with E-state index in [0.717, 1.165) is 10.9 Å². The molecule has 5 rings (SSSR count). The van der Waals surface area contributed by atoms with E-state index in [0.29, 0.717) is 5.56 Å². The topological polar surface area (TPSA) is 284 Å². The Morgan fingerprint density at radius 3 is 2.16 bits per heavy atom. The second kappa shape index (κ2) is 16.8. The van der Waals surface area contributed by atoms with E-state index in [1.165, 1.54) is 27.7 Å². The Kier molecular flexibility index (Phi) is 12.8. The molecule has 12 atom stereocenters. The van der Waals surface area contributed by atoms with E-state index in [2.05, 4.69) is 49.5 Å². The highest BCUT2D eigenvalue weighted by Crippen LogP contribution is 2.46. The third-order valence-electron chi connectivity index (χ3n) is 10.3. The predicted molar refractivity (Wildman–Crippen MR) is 197 cm³/mol. The summed E-state index contributed by atoms with van der Waals surface area (Å²) in [6.07, 6.45) is -2.19. The number of quaternary nitrogens is 1. The lowest BCUT2D eigenvalue weighted by Crippen LogP contribution is -2.61. The molecule has 302 valence electrons. The number of aromatic amines is 1. The van der Waals surface area contributed by atoms with Crippen molar-refractivity contribution in [3.05, 3.63) is 36.0 Å². The second-order valence-corrected chi connectivity index (χ2v) is 15.3. The summed E-state index contributed by atoms with van der Waals surface area (Å²) in [6.45, 7) is 4.42. The normalized spacial score (nSPS) is 34.3. The van der Waals surface area contributed by atoms with Gasteiger partial charge < -0.3 is 57.3 Å². The number of carbonyl (C=O) groups is 6. The number of benzene rings is 1. The summed E-state index contributed by atoms with van der Waals surface area (Å²) in [5.74, 6) is -4.90. The van der Waals surface area contributed by atoms with Gasteiger partial charge in [-0.3, -0.25) is 28.8 Å². The molecule has 55 heavy (non-hydrogen) atoms. The van der Waals surface area contributed by atoms with Gasteiger partial charge in [0, 0.05) is 42.1 Å². The molecule has 19 nitrogen and oxygen atoms in total. The molecule has 3 aliphatic rings. The Bertz CT molecular complexity index is 1790. The number of para-hydroxylation sites is 1. The number of rotatable bonds is 7. The lowest BCUT2D eigenvalue weighted by molar-refractivity contribution is -0.926. The van der Waals surface area contributed by atoms with E-state index in [1.54, 1.807) is 12.3 Å². The minimum Gasteiger partial charge on any atom is -0.393 e.